The highest BCUT2D eigenvalue weighted by molar-refractivity contribution is 9.10. The van der Waals surface area contributed by atoms with Gasteiger partial charge in [0, 0.05) is 11.6 Å². The largest absolute Gasteiger partial charge is 0.434 e. The van der Waals surface area contributed by atoms with E-state index < -0.39 is 24.8 Å². The average molecular weight is 502 g/mol. The molecule has 0 fully saturated rings. The molecule has 2 aromatic rings. The molecule has 2 rings (SSSR count). The number of aromatic nitrogens is 2. The Morgan fingerprint density at radius 1 is 1.23 bits per heavy atom. The second-order valence-electron chi connectivity index (χ2n) is 8.37. The molecule has 1 aromatic carbocycles. The first-order valence-electron chi connectivity index (χ1n) is 9.37. The summed E-state index contributed by atoms with van der Waals surface area (Å²) >= 11 is 3.15. The minimum Gasteiger partial charge on any atom is -0.434 e. The highest BCUT2D eigenvalue weighted by atomic mass is 79.9. The molecule has 0 spiro atoms. The third kappa shape index (κ3) is 6.29. The van der Waals surface area contributed by atoms with E-state index in [1.165, 1.54) is 18.5 Å². The number of alkyl halides is 1. The minimum absolute atomic E-state index is 0.000950. The predicted molar refractivity (Wildman–Crippen MR) is 117 cm³/mol. The van der Waals surface area contributed by atoms with Crippen LogP contribution in [0.5, 0.6) is 11.6 Å². The van der Waals surface area contributed by atoms with Crippen molar-refractivity contribution < 1.29 is 22.7 Å². The normalized spacial score (nSPS) is 13.1. The summed E-state index contributed by atoms with van der Waals surface area (Å²) in [7, 11) is -2.14. The van der Waals surface area contributed by atoms with Crippen molar-refractivity contribution in [1.29, 1.82) is 0 Å². The molecule has 1 N–H and O–H groups in total. The summed E-state index contributed by atoms with van der Waals surface area (Å²) in [6.07, 6.45) is 2.53. The quantitative estimate of drug-likeness (QED) is 0.383. The lowest BCUT2D eigenvalue weighted by molar-refractivity contribution is -0.115. The van der Waals surface area contributed by atoms with Crippen molar-refractivity contribution in [2.24, 2.45) is 0 Å². The summed E-state index contributed by atoms with van der Waals surface area (Å²) in [6.45, 7) is 12.0. The van der Waals surface area contributed by atoms with Crippen molar-refractivity contribution in [3.05, 3.63) is 41.7 Å². The van der Waals surface area contributed by atoms with E-state index in [0.29, 0.717) is 0 Å². The molecule has 10 heteroatoms. The van der Waals surface area contributed by atoms with Crippen LogP contribution in [0, 0.1) is 11.6 Å². The topological polar surface area (TPSA) is 73.3 Å². The smallest absolute Gasteiger partial charge is 0.239 e. The first kappa shape index (κ1) is 24.4. The van der Waals surface area contributed by atoms with Crippen LogP contribution in [0.15, 0.2) is 24.5 Å². The molecule has 0 bridgehead atoms. The van der Waals surface area contributed by atoms with Crippen molar-refractivity contribution in [3.63, 3.8) is 0 Å². The van der Waals surface area contributed by atoms with E-state index in [4.69, 9.17) is 9.16 Å². The van der Waals surface area contributed by atoms with Crippen molar-refractivity contribution in [2.45, 2.75) is 57.3 Å². The number of anilines is 1. The van der Waals surface area contributed by atoms with Crippen LogP contribution >= 0.6 is 15.9 Å². The first-order chi connectivity index (χ1) is 13.8. The van der Waals surface area contributed by atoms with Crippen molar-refractivity contribution >= 4 is 36.0 Å². The van der Waals surface area contributed by atoms with Crippen molar-refractivity contribution in [1.82, 2.24) is 9.97 Å². The van der Waals surface area contributed by atoms with Crippen LogP contribution in [0.1, 0.15) is 33.3 Å². The third-order valence-corrected chi connectivity index (χ3v) is 9.82. The van der Waals surface area contributed by atoms with Gasteiger partial charge in [-0.25, -0.2) is 18.7 Å². The Morgan fingerprint density at radius 2 is 1.90 bits per heavy atom. The molecule has 1 amide bonds. The molecule has 1 aromatic heterocycles. The molecule has 0 radical (unpaired) electrons. The third-order valence-electron chi connectivity index (χ3n) is 4.93. The Labute approximate surface area is 184 Å². The zero-order valence-corrected chi connectivity index (χ0v) is 20.4. The number of halogens is 3. The van der Waals surface area contributed by atoms with Gasteiger partial charge in [0.15, 0.2) is 25.7 Å². The zero-order chi connectivity index (χ0) is 22.7. The van der Waals surface area contributed by atoms with E-state index >= 15 is 0 Å². The fourth-order valence-electron chi connectivity index (χ4n) is 2.07. The standard InChI is InChI=1S/C20H26BrF2N3O3Si/c1-12(21)19(27)26-16-9-25-17(10-24-16)29-18-13(7-14(22)8-15(18)23)11-28-30(5,6)20(2,3)4/h7-10,12H,11H2,1-6H3,(H,24,26,27)/t12-/m1/s1. The monoisotopic (exact) mass is 501 g/mol. The molecule has 1 atom stereocenters. The molecule has 6 nitrogen and oxygen atoms in total. The summed E-state index contributed by atoms with van der Waals surface area (Å²) in [6, 6.07) is 1.93. The number of amides is 1. The Bertz CT molecular complexity index is 903. The van der Waals surface area contributed by atoms with Gasteiger partial charge in [0.05, 0.1) is 23.8 Å². The Balaban J connectivity index is 2.22. The SMILES string of the molecule is C[C@@H](Br)C(=O)Nc1cnc(Oc2c(F)cc(F)cc2CO[Si](C)(C)C(C)(C)C)cn1. The van der Waals surface area contributed by atoms with Crippen LogP contribution in [0.2, 0.25) is 18.1 Å². The second-order valence-corrected chi connectivity index (χ2v) is 14.6. The van der Waals surface area contributed by atoms with E-state index in [0.717, 1.165) is 6.07 Å². The molecule has 0 saturated heterocycles. The molecule has 0 aliphatic carbocycles. The number of benzene rings is 1. The summed E-state index contributed by atoms with van der Waals surface area (Å²) in [5, 5.41) is 2.50. The van der Waals surface area contributed by atoms with Crippen LogP contribution in [0.4, 0.5) is 14.6 Å². The van der Waals surface area contributed by atoms with Crippen molar-refractivity contribution in [3.8, 4) is 11.6 Å². The number of carbonyl (C=O) groups excluding carboxylic acids is 1. The number of ether oxygens (including phenoxy) is 1. The highest BCUT2D eigenvalue weighted by Gasteiger charge is 2.37. The van der Waals surface area contributed by atoms with Gasteiger partial charge in [-0.3, -0.25) is 4.79 Å². The number of rotatable bonds is 7. The molecule has 0 aliphatic rings. The van der Waals surface area contributed by atoms with Gasteiger partial charge in [0.1, 0.15) is 5.82 Å². The van der Waals surface area contributed by atoms with E-state index in [-0.39, 0.29) is 40.6 Å². The minimum atomic E-state index is -2.14. The van der Waals surface area contributed by atoms with E-state index in [1.807, 2.05) is 0 Å². The van der Waals surface area contributed by atoms with Crippen LogP contribution in [0.25, 0.3) is 0 Å². The average Bonchev–Trinajstić information content (AvgIpc) is 2.62. The van der Waals surface area contributed by atoms with E-state index in [1.54, 1.807) is 6.92 Å². The molecule has 164 valence electrons. The van der Waals surface area contributed by atoms with Crippen LogP contribution in [-0.4, -0.2) is 29.0 Å². The highest BCUT2D eigenvalue weighted by Crippen LogP contribution is 2.38. The molecule has 30 heavy (non-hydrogen) atoms. The maximum absolute atomic E-state index is 14.5. The van der Waals surface area contributed by atoms with E-state index in [2.05, 4.69) is 65.1 Å². The Kier molecular flexibility index (Phi) is 7.70. The molecule has 1 heterocycles. The number of nitrogens with zero attached hydrogens (tertiary/aromatic N) is 2. The lowest BCUT2D eigenvalue weighted by Crippen LogP contribution is -2.40. The van der Waals surface area contributed by atoms with Gasteiger partial charge >= 0.3 is 0 Å². The zero-order valence-electron chi connectivity index (χ0n) is 17.8. The number of carbonyl (C=O) groups is 1. The predicted octanol–water partition coefficient (Wildman–Crippen LogP) is 5.79. The lowest BCUT2D eigenvalue weighted by Gasteiger charge is -2.36. The summed E-state index contributed by atoms with van der Waals surface area (Å²) in [5.41, 5.74) is 0.240. The van der Waals surface area contributed by atoms with Gasteiger partial charge < -0.3 is 14.5 Å². The lowest BCUT2D eigenvalue weighted by atomic mass is 10.2. The summed E-state index contributed by atoms with van der Waals surface area (Å²) < 4.78 is 39.9. The number of hydrogen-bond donors (Lipinski definition) is 1. The second kappa shape index (κ2) is 9.48. The number of nitrogens with one attached hydrogen (secondary N) is 1. The van der Waals surface area contributed by atoms with Crippen LogP contribution in [-0.2, 0) is 15.8 Å². The van der Waals surface area contributed by atoms with Gasteiger partial charge in [-0.15, -0.1) is 0 Å². The maximum Gasteiger partial charge on any atom is 0.239 e. The summed E-state index contributed by atoms with van der Waals surface area (Å²) in [5.74, 6) is -1.82. The maximum atomic E-state index is 14.5. The van der Waals surface area contributed by atoms with Gasteiger partial charge in [-0.05, 0) is 31.1 Å². The van der Waals surface area contributed by atoms with Gasteiger partial charge in [-0.1, -0.05) is 36.7 Å². The molecule has 0 unspecified atom stereocenters. The van der Waals surface area contributed by atoms with Gasteiger partial charge in [0.2, 0.25) is 11.8 Å². The van der Waals surface area contributed by atoms with Gasteiger partial charge in [-0.2, -0.15) is 0 Å². The molecular formula is C20H26BrF2N3O3Si. The fourth-order valence-corrected chi connectivity index (χ4v) is 3.14. The Hall–Kier alpha value is -1.91. The summed E-state index contributed by atoms with van der Waals surface area (Å²) in [4.78, 5) is 19.3. The molecule has 0 saturated carbocycles. The number of hydrogen-bond acceptors (Lipinski definition) is 5. The van der Waals surface area contributed by atoms with Gasteiger partial charge in [0.25, 0.3) is 0 Å². The van der Waals surface area contributed by atoms with E-state index in [9.17, 15) is 13.6 Å². The fraction of sp³-hybridized carbons (Fsp3) is 0.450. The van der Waals surface area contributed by atoms with Crippen LogP contribution < -0.4 is 10.1 Å². The molecular weight excluding hydrogens is 476 g/mol. The first-order valence-corrected chi connectivity index (χ1v) is 13.2. The molecule has 0 aliphatic heterocycles. The van der Waals surface area contributed by atoms with Crippen LogP contribution in [0.3, 0.4) is 0 Å². The Morgan fingerprint density at radius 3 is 2.43 bits per heavy atom. The van der Waals surface area contributed by atoms with Crippen molar-refractivity contribution in [2.75, 3.05) is 5.32 Å².